The van der Waals surface area contributed by atoms with Gasteiger partial charge in [0.2, 0.25) is 29.5 Å². The van der Waals surface area contributed by atoms with Crippen molar-refractivity contribution >= 4 is 75.3 Å². The molecule has 0 bridgehead atoms. The quantitative estimate of drug-likeness (QED) is 0.139. The SMILES string of the molecule is CC(C)n1cnc2cc(-c3ccc4c(c3)N([C@H]3C[C@@H](N5CCCCC5)C3)C(=O)C43CCN(C(=O)C4CCN(C(=O)C5CCN(c6ccc7c(c6)C(=O)N(C6CCC(=O)NC6=O)C7=O)CC5)CC4)CC3)nc(Nc3ccncc3F)c21. The van der Waals surface area contributed by atoms with Crippen LogP contribution in [0, 0.1) is 17.7 Å². The lowest BCUT2D eigenvalue weighted by atomic mass is 9.73. The van der Waals surface area contributed by atoms with Gasteiger partial charge in [0.25, 0.3) is 11.8 Å². The van der Waals surface area contributed by atoms with Gasteiger partial charge >= 0.3 is 0 Å². The van der Waals surface area contributed by atoms with Crippen LogP contribution in [0.4, 0.5) is 27.3 Å². The first-order valence-electron chi connectivity index (χ1n) is 28.9. The molecule has 5 aromatic rings. The van der Waals surface area contributed by atoms with Gasteiger partial charge in [0.1, 0.15) is 11.6 Å². The molecular weight excluding hydrogens is 1020 g/mol. The summed E-state index contributed by atoms with van der Waals surface area (Å²) >= 11 is 0. The number of carbonyl (C=O) groups excluding carboxylic acids is 7. The highest BCUT2D eigenvalue weighted by Gasteiger charge is 2.56. The third-order valence-electron chi connectivity index (χ3n) is 18.9. The summed E-state index contributed by atoms with van der Waals surface area (Å²) in [6, 6.07) is 14.4. The molecule has 13 rings (SSSR count). The third-order valence-corrected chi connectivity index (χ3v) is 18.9. The zero-order chi connectivity index (χ0) is 55.1. The van der Waals surface area contributed by atoms with Gasteiger partial charge in [-0.05, 0) is 140 Å². The van der Waals surface area contributed by atoms with Crippen LogP contribution in [0.3, 0.4) is 0 Å². The summed E-state index contributed by atoms with van der Waals surface area (Å²) in [5.41, 5.74) is 5.52. The number of piperidine rings is 5. The lowest BCUT2D eigenvalue weighted by molar-refractivity contribution is -0.144. The predicted octanol–water partition coefficient (Wildman–Crippen LogP) is 6.74. The molecule has 10 heterocycles. The second kappa shape index (κ2) is 20.5. The lowest BCUT2D eigenvalue weighted by Gasteiger charge is -2.48. The smallest absolute Gasteiger partial charge is 0.262 e. The number of hydrogen-bond acceptors (Lipinski definition) is 13. The van der Waals surface area contributed by atoms with Gasteiger partial charge in [0.05, 0.1) is 46.0 Å². The second-order valence-electron chi connectivity index (χ2n) is 23.7. The number of aromatic nitrogens is 4. The Bertz CT molecular complexity index is 3360. The standard InChI is InChI=1S/C60H67FN12O7/c1-35(2)71-34-63-48-32-47(65-53(52(48)71)64-46-12-19-62-33-45(46)61)38-6-9-44-50(28-38)72(41-29-40(30-41)67-20-4-3-5-21-67)59(80)60(44)17-26-70(27-18-60)56(77)37-15-24-69(25-16-37)55(76)36-13-22-68(23-14-36)39-7-8-42-43(31-39)58(79)73(57(42)78)49-10-11-51(74)66-54(49)75/h6-9,12,19,28,31-37,40-41,49H,3-5,10-11,13-18,20-27,29-30H2,1-2H3,(H,62,64,65)(H,66,74,75)/t40-,41+,49?. The van der Waals surface area contributed by atoms with E-state index in [2.05, 4.69) is 56.3 Å². The van der Waals surface area contributed by atoms with E-state index in [4.69, 9.17) is 9.97 Å². The summed E-state index contributed by atoms with van der Waals surface area (Å²) in [5, 5.41) is 5.47. The fourth-order valence-electron chi connectivity index (χ4n) is 14.3. The number of halogens is 1. The number of hydrogen-bond donors (Lipinski definition) is 2. The molecule has 8 aliphatic rings. The van der Waals surface area contributed by atoms with Crippen molar-refractivity contribution in [3.63, 3.8) is 0 Å². The van der Waals surface area contributed by atoms with Crippen LogP contribution in [0.2, 0.25) is 0 Å². The number of amides is 7. The molecule has 1 aliphatic carbocycles. The Kier molecular flexibility index (Phi) is 13.3. The van der Waals surface area contributed by atoms with Crippen molar-refractivity contribution in [1.29, 1.82) is 0 Å². The number of nitrogens with one attached hydrogen (secondary N) is 2. The highest BCUT2D eigenvalue weighted by Crippen LogP contribution is 2.52. The molecule has 0 radical (unpaired) electrons. The molecule has 1 saturated carbocycles. The minimum Gasteiger partial charge on any atom is -0.371 e. The summed E-state index contributed by atoms with van der Waals surface area (Å²) in [6.45, 7) is 9.41. The molecule has 1 unspecified atom stereocenters. The Hall–Kier alpha value is -7.61. The lowest BCUT2D eigenvalue weighted by Crippen LogP contribution is -2.58. The molecule has 1 spiro atoms. The molecule has 6 fully saturated rings. The number of anilines is 4. The van der Waals surface area contributed by atoms with Crippen molar-refractivity contribution in [2.45, 2.75) is 127 Å². The number of rotatable bonds is 10. The van der Waals surface area contributed by atoms with E-state index in [1.54, 1.807) is 30.6 Å². The maximum absolute atomic E-state index is 15.3. The molecular formula is C60H67FN12O7. The van der Waals surface area contributed by atoms with E-state index in [-0.39, 0.29) is 71.3 Å². The topological polar surface area (TPSA) is 207 Å². The van der Waals surface area contributed by atoms with Crippen molar-refractivity contribution in [1.82, 2.24) is 44.4 Å². The van der Waals surface area contributed by atoms with Gasteiger partial charge in [0, 0.05) is 98.8 Å². The molecule has 80 heavy (non-hydrogen) atoms. The molecule has 5 saturated heterocycles. The third kappa shape index (κ3) is 8.88. The van der Waals surface area contributed by atoms with Gasteiger partial charge in [-0.15, -0.1) is 0 Å². The normalized spacial score (nSPS) is 23.8. The number of nitrogens with zero attached hydrogens (tertiary/aromatic N) is 10. The van der Waals surface area contributed by atoms with Crippen LogP contribution in [0.25, 0.3) is 22.3 Å². The number of pyridine rings is 2. The fraction of sp³-hybridized carbons (Fsp3) is 0.500. The van der Waals surface area contributed by atoms with Crippen molar-refractivity contribution in [2.75, 3.05) is 67.5 Å². The van der Waals surface area contributed by atoms with Gasteiger partial charge < -0.3 is 34.4 Å². The number of fused-ring (bicyclic) bond motifs is 4. The first kappa shape index (κ1) is 51.8. The van der Waals surface area contributed by atoms with Crippen molar-refractivity contribution in [3.8, 4) is 11.3 Å². The van der Waals surface area contributed by atoms with Crippen LogP contribution < -0.4 is 20.4 Å². The Balaban J connectivity index is 0.665. The first-order chi connectivity index (χ1) is 38.7. The van der Waals surface area contributed by atoms with Crippen molar-refractivity contribution in [3.05, 3.63) is 89.8 Å². The monoisotopic (exact) mass is 1090 g/mol. The Morgan fingerprint density at radius 2 is 1.45 bits per heavy atom. The van der Waals surface area contributed by atoms with Crippen molar-refractivity contribution < 1.29 is 38.0 Å². The molecule has 1 atom stereocenters. The zero-order valence-corrected chi connectivity index (χ0v) is 45.4. The fourth-order valence-corrected chi connectivity index (χ4v) is 14.3. The number of imidazole rings is 1. The molecule has 20 heteroatoms. The Morgan fingerprint density at radius 1 is 0.750 bits per heavy atom. The van der Waals surface area contributed by atoms with E-state index >= 15 is 9.18 Å². The minimum absolute atomic E-state index is 0.0502. The maximum Gasteiger partial charge on any atom is 0.262 e. The average Bonchev–Trinajstić information content (AvgIpc) is 4.04. The summed E-state index contributed by atoms with van der Waals surface area (Å²) in [7, 11) is 0. The Morgan fingerprint density at radius 3 is 2.15 bits per heavy atom. The summed E-state index contributed by atoms with van der Waals surface area (Å²) in [6.07, 6.45) is 13.5. The molecule has 2 aromatic carbocycles. The first-order valence-corrected chi connectivity index (χ1v) is 28.9. The van der Waals surface area contributed by atoms with E-state index in [1.807, 2.05) is 26.5 Å². The van der Waals surface area contributed by atoms with Crippen LogP contribution in [0.1, 0.15) is 130 Å². The number of benzene rings is 2. The van der Waals surface area contributed by atoms with Crippen LogP contribution in [0.15, 0.2) is 67.3 Å². The van der Waals surface area contributed by atoms with E-state index in [9.17, 15) is 28.8 Å². The van der Waals surface area contributed by atoms with Crippen molar-refractivity contribution in [2.24, 2.45) is 11.8 Å². The molecule has 416 valence electrons. The van der Waals surface area contributed by atoms with Gasteiger partial charge in [-0.2, -0.15) is 0 Å². The molecule has 2 N–H and O–H groups in total. The molecule has 3 aromatic heterocycles. The van der Waals surface area contributed by atoms with Gasteiger partial charge in [-0.25, -0.2) is 14.4 Å². The highest BCUT2D eigenvalue weighted by atomic mass is 19.1. The maximum atomic E-state index is 15.3. The summed E-state index contributed by atoms with van der Waals surface area (Å²) < 4.78 is 17.1. The van der Waals surface area contributed by atoms with E-state index < -0.39 is 40.9 Å². The predicted molar refractivity (Wildman–Crippen MR) is 295 cm³/mol. The number of likely N-dealkylation sites (tertiary alicyclic amines) is 3. The molecule has 19 nitrogen and oxygen atoms in total. The van der Waals surface area contributed by atoms with Gasteiger partial charge in [0.15, 0.2) is 11.6 Å². The van der Waals surface area contributed by atoms with E-state index in [0.29, 0.717) is 101 Å². The van der Waals surface area contributed by atoms with Gasteiger partial charge in [-0.1, -0.05) is 18.6 Å². The summed E-state index contributed by atoms with van der Waals surface area (Å²) in [4.78, 5) is 120. The van der Waals surface area contributed by atoms with E-state index in [0.717, 1.165) is 58.8 Å². The minimum atomic E-state index is -1.03. The van der Waals surface area contributed by atoms with Crippen LogP contribution in [-0.4, -0.2) is 151 Å². The molecule has 7 amide bonds. The van der Waals surface area contributed by atoms with Gasteiger partial charge in [-0.3, -0.25) is 48.8 Å². The number of imide groups is 2. The summed E-state index contributed by atoms with van der Waals surface area (Å²) in [5.74, 6) is -2.29. The van der Waals surface area contributed by atoms with Crippen LogP contribution >= 0.6 is 0 Å². The Labute approximate surface area is 463 Å². The number of carbonyl (C=O) groups is 7. The van der Waals surface area contributed by atoms with Crippen LogP contribution in [0.5, 0.6) is 0 Å². The zero-order valence-electron chi connectivity index (χ0n) is 45.4. The largest absolute Gasteiger partial charge is 0.371 e. The second-order valence-corrected chi connectivity index (χ2v) is 23.7. The van der Waals surface area contributed by atoms with E-state index in [1.165, 1.54) is 31.7 Å². The van der Waals surface area contributed by atoms with Crippen LogP contribution in [-0.2, 0) is 29.4 Å². The highest BCUT2D eigenvalue weighted by molar-refractivity contribution is 6.24. The molecule has 7 aliphatic heterocycles. The average molecular weight is 1090 g/mol.